The van der Waals surface area contributed by atoms with Gasteiger partial charge in [0.05, 0.1) is 16.2 Å². The summed E-state index contributed by atoms with van der Waals surface area (Å²) in [6, 6.07) is 21.2. The molecule has 0 atom stereocenters. The molecular weight excluding hydrogens is 460 g/mol. The zero-order valence-electron chi connectivity index (χ0n) is 17.6. The SMILES string of the molecule is CN1C(=O)/C(=C\c2ccccc2OCc2ccc(Cl)cc2)SC1=Nc1cccc(C(=O)O)c1. The first-order valence-electron chi connectivity index (χ1n) is 9.96. The molecule has 0 unspecified atom stereocenters. The number of amidine groups is 1. The number of likely N-dealkylation sites (N-methyl/N-ethyl adjacent to an activating group) is 1. The van der Waals surface area contributed by atoms with Crippen molar-refractivity contribution in [2.24, 2.45) is 4.99 Å². The molecule has 0 aliphatic carbocycles. The first kappa shape index (κ1) is 22.6. The molecular formula is C25H19ClN2O4S. The number of carbonyl (C=O) groups excluding carboxylic acids is 1. The first-order valence-corrected chi connectivity index (χ1v) is 11.2. The second-order valence-corrected chi connectivity index (χ2v) is 8.62. The van der Waals surface area contributed by atoms with Crippen LogP contribution in [0.1, 0.15) is 21.5 Å². The first-order chi connectivity index (χ1) is 15.9. The molecule has 4 rings (SSSR count). The Balaban J connectivity index is 1.56. The van der Waals surface area contributed by atoms with Crippen LogP contribution in [0.5, 0.6) is 5.75 Å². The van der Waals surface area contributed by atoms with E-state index in [2.05, 4.69) is 4.99 Å². The molecule has 1 N–H and O–H groups in total. The maximum absolute atomic E-state index is 12.8. The van der Waals surface area contributed by atoms with E-state index in [0.717, 1.165) is 11.1 Å². The highest BCUT2D eigenvalue weighted by Crippen LogP contribution is 2.35. The predicted molar refractivity (Wildman–Crippen MR) is 131 cm³/mol. The lowest BCUT2D eigenvalue weighted by Gasteiger charge is -2.10. The lowest BCUT2D eigenvalue weighted by atomic mass is 10.1. The van der Waals surface area contributed by atoms with Gasteiger partial charge in [-0.2, -0.15) is 0 Å². The molecule has 3 aromatic carbocycles. The third kappa shape index (κ3) is 5.45. The van der Waals surface area contributed by atoms with E-state index in [9.17, 15) is 14.7 Å². The quantitative estimate of drug-likeness (QED) is 0.449. The third-order valence-electron chi connectivity index (χ3n) is 4.83. The van der Waals surface area contributed by atoms with Gasteiger partial charge in [0.25, 0.3) is 5.91 Å². The summed E-state index contributed by atoms with van der Waals surface area (Å²) in [5, 5.41) is 10.3. The average Bonchev–Trinajstić information content (AvgIpc) is 3.07. The molecule has 0 bridgehead atoms. The molecule has 33 heavy (non-hydrogen) atoms. The smallest absolute Gasteiger partial charge is 0.335 e. The number of benzene rings is 3. The molecule has 1 heterocycles. The van der Waals surface area contributed by atoms with E-state index < -0.39 is 5.97 Å². The van der Waals surface area contributed by atoms with Crippen molar-refractivity contribution < 1.29 is 19.4 Å². The van der Waals surface area contributed by atoms with E-state index in [4.69, 9.17) is 16.3 Å². The van der Waals surface area contributed by atoms with Gasteiger partial charge in [-0.15, -0.1) is 0 Å². The number of rotatable bonds is 6. The van der Waals surface area contributed by atoms with Crippen LogP contribution in [0.2, 0.25) is 5.02 Å². The minimum atomic E-state index is -1.03. The minimum absolute atomic E-state index is 0.136. The van der Waals surface area contributed by atoms with Crippen LogP contribution in [-0.4, -0.2) is 34.1 Å². The summed E-state index contributed by atoms with van der Waals surface area (Å²) in [5.74, 6) is -0.576. The van der Waals surface area contributed by atoms with E-state index in [1.54, 1.807) is 25.3 Å². The number of carboxylic acid groups (broad SMARTS) is 1. The Morgan fingerprint density at radius 3 is 2.64 bits per heavy atom. The van der Waals surface area contributed by atoms with Gasteiger partial charge in [0.15, 0.2) is 5.17 Å². The number of ether oxygens (including phenoxy) is 1. The number of hydrogen-bond acceptors (Lipinski definition) is 5. The number of carboxylic acids is 1. The Labute approximate surface area is 200 Å². The number of aliphatic imine (C=N–C) groups is 1. The van der Waals surface area contributed by atoms with Gasteiger partial charge >= 0.3 is 5.97 Å². The van der Waals surface area contributed by atoms with Crippen LogP contribution in [-0.2, 0) is 11.4 Å². The highest BCUT2D eigenvalue weighted by Gasteiger charge is 2.30. The molecule has 0 saturated carbocycles. The molecule has 0 spiro atoms. The number of thioether (sulfide) groups is 1. The molecule has 3 aromatic rings. The van der Waals surface area contributed by atoms with Crippen molar-refractivity contribution in [1.82, 2.24) is 4.90 Å². The van der Waals surface area contributed by atoms with E-state index >= 15 is 0 Å². The summed E-state index contributed by atoms with van der Waals surface area (Å²) >= 11 is 7.16. The van der Waals surface area contributed by atoms with Gasteiger partial charge in [-0.05, 0) is 59.8 Å². The molecule has 1 amide bonds. The molecule has 1 aliphatic heterocycles. The summed E-state index contributed by atoms with van der Waals surface area (Å²) in [4.78, 5) is 30.4. The minimum Gasteiger partial charge on any atom is -0.488 e. The molecule has 1 fully saturated rings. The van der Waals surface area contributed by atoms with Gasteiger partial charge in [-0.1, -0.05) is 48.0 Å². The van der Waals surface area contributed by atoms with E-state index in [0.29, 0.717) is 33.1 Å². The number of carbonyl (C=O) groups is 2. The fourth-order valence-corrected chi connectivity index (χ4v) is 4.19. The van der Waals surface area contributed by atoms with Gasteiger partial charge in [-0.25, -0.2) is 9.79 Å². The molecule has 1 saturated heterocycles. The van der Waals surface area contributed by atoms with Crippen molar-refractivity contribution in [2.45, 2.75) is 6.61 Å². The Morgan fingerprint density at radius 2 is 1.88 bits per heavy atom. The molecule has 0 radical (unpaired) electrons. The standard InChI is InChI=1S/C25H19ClN2O4S/c1-28-23(29)22(33-25(28)27-20-7-4-6-18(13-20)24(30)31)14-17-5-2-3-8-21(17)32-15-16-9-11-19(26)12-10-16/h2-14H,15H2,1H3,(H,30,31)/b22-14+,27-25?. The van der Waals surface area contributed by atoms with E-state index in [-0.39, 0.29) is 11.5 Å². The van der Waals surface area contributed by atoms with Crippen molar-refractivity contribution in [3.8, 4) is 5.75 Å². The van der Waals surface area contributed by atoms with Crippen LogP contribution in [0, 0.1) is 0 Å². The van der Waals surface area contributed by atoms with Crippen molar-refractivity contribution in [3.05, 3.63) is 99.4 Å². The number of halogens is 1. The molecule has 0 aromatic heterocycles. The Bertz CT molecular complexity index is 1270. The number of para-hydroxylation sites is 1. The van der Waals surface area contributed by atoms with Crippen LogP contribution in [0.3, 0.4) is 0 Å². The fourth-order valence-electron chi connectivity index (χ4n) is 3.08. The lowest BCUT2D eigenvalue weighted by Crippen LogP contribution is -2.23. The molecule has 1 aliphatic rings. The van der Waals surface area contributed by atoms with Gasteiger partial charge in [-0.3, -0.25) is 9.69 Å². The van der Waals surface area contributed by atoms with Crippen molar-refractivity contribution in [1.29, 1.82) is 0 Å². The molecule has 166 valence electrons. The van der Waals surface area contributed by atoms with E-state index in [1.807, 2.05) is 48.5 Å². The summed E-state index contributed by atoms with van der Waals surface area (Å²) in [6.07, 6.45) is 1.77. The second kappa shape index (κ2) is 9.94. The van der Waals surface area contributed by atoms with E-state index in [1.165, 1.54) is 28.8 Å². The summed E-state index contributed by atoms with van der Waals surface area (Å²) in [6.45, 7) is 0.366. The third-order valence-corrected chi connectivity index (χ3v) is 6.15. The maximum atomic E-state index is 12.8. The van der Waals surface area contributed by atoms with Crippen LogP contribution < -0.4 is 4.74 Å². The Hall–Kier alpha value is -3.55. The summed E-state index contributed by atoms with van der Waals surface area (Å²) in [5.41, 5.74) is 2.34. The molecule has 6 nitrogen and oxygen atoms in total. The highest BCUT2D eigenvalue weighted by atomic mass is 35.5. The van der Waals surface area contributed by atoms with Gasteiger partial charge in [0.2, 0.25) is 0 Å². The molecule has 8 heteroatoms. The summed E-state index contributed by atoms with van der Waals surface area (Å²) in [7, 11) is 1.64. The van der Waals surface area contributed by atoms with Crippen LogP contribution in [0.4, 0.5) is 5.69 Å². The Morgan fingerprint density at radius 1 is 1.12 bits per heavy atom. The van der Waals surface area contributed by atoms with Crippen LogP contribution in [0.25, 0.3) is 6.08 Å². The van der Waals surface area contributed by atoms with Gasteiger partial charge < -0.3 is 9.84 Å². The van der Waals surface area contributed by atoms with Crippen molar-refractivity contribution >= 4 is 52.2 Å². The largest absolute Gasteiger partial charge is 0.488 e. The fraction of sp³-hybridized carbons (Fsp3) is 0.0800. The lowest BCUT2D eigenvalue weighted by molar-refractivity contribution is -0.121. The normalized spacial score (nSPS) is 15.9. The van der Waals surface area contributed by atoms with Crippen LogP contribution in [0.15, 0.2) is 82.7 Å². The number of nitrogens with zero attached hydrogens (tertiary/aromatic N) is 2. The highest BCUT2D eigenvalue weighted by molar-refractivity contribution is 8.18. The van der Waals surface area contributed by atoms with Crippen molar-refractivity contribution in [2.75, 3.05) is 7.05 Å². The average molecular weight is 479 g/mol. The van der Waals surface area contributed by atoms with Gasteiger partial charge in [0.1, 0.15) is 12.4 Å². The summed E-state index contributed by atoms with van der Waals surface area (Å²) < 4.78 is 5.99. The zero-order chi connectivity index (χ0) is 23.4. The Kier molecular flexibility index (Phi) is 6.82. The predicted octanol–water partition coefficient (Wildman–Crippen LogP) is 5.85. The van der Waals surface area contributed by atoms with Crippen molar-refractivity contribution in [3.63, 3.8) is 0 Å². The number of amides is 1. The second-order valence-electron chi connectivity index (χ2n) is 7.18. The van der Waals surface area contributed by atoms with Gasteiger partial charge in [0, 0.05) is 17.6 Å². The van der Waals surface area contributed by atoms with Crippen LogP contribution >= 0.6 is 23.4 Å². The monoisotopic (exact) mass is 478 g/mol. The number of aromatic carboxylic acids is 1. The zero-order valence-corrected chi connectivity index (χ0v) is 19.1. The maximum Gasteiger partial charge on any atom is 0.335 e. The number of hydrogen-bond donors (Lipinski definition) is 1. The topological polar surface area (TPSA) is 79.2 Å².